The smallest absolute Gasteiger partial charge is 0.407 e. The number of alkyl halides is 1. The summed E-state index contributed by atoms with van der Waals surface area (Å²) in [5.41, 5.74) is 0.120. The van der Waals surface area contributed by atoms with E-state index in [-0.39, 0.29) is 41.9 Å². The molecule has 1 aromatic heterocycles. The number of hydrogen-bond donors (Lipinski definition) is 2. The summed E-state index contributed by atoms with van der Waals surface area (Å²) < 4.78 is 30.3. The summed E-state index contributed by atoms with van der Waals surface area (Å²) in [7, 11) is 0. The van der Waals surface area contributed by atoms with Crippen molar-refractivity contribution in [2.75, 3.05) is 26.2 Å². The van der Waals surface area contributed by atoms with Crippen molar-refractivity contribution >= 4 is 58.0 Å². The first-order chi connectivity index (χ1) is 23.7. The number of amidine groups is 1. The van der Waals surface area contributed by atoms with Gasteiger partial charge < -0.3 is 24.9 Å². The molecule has 3 amide bonds. The zero-order valence-corrected chi connectivity index (χ0v) is 29.9. The van der Waals surface area contributed by atoms with Crippen LogP contribution in [-0.2, 0) is 15.1 Å². The van der Waals surface area contributed by atoms with E-state index in [4.69, 9.17) is 28.2 Å². The zero-order valence-electron chi connectivity index (χ0n) is 27.5. The van der Waals surface area contributed by atoms with E-state index in [2.05, 4.69) is 4.98 Å². The lowest BCUT2D eigenvalue weighted by atomic mass is 9.81. The van der Waals surface area contributed by atoms with Gasteiger partial charge in [-0.1, -0.05) is 49.2 Å². The number of aromatic nitrogens is 1. The van der Waals surface area contributed by atoms with Crippen LogP contribution in [0.25, 0.3) is 0 Å². The standard InChI is InChI=1S/C34H36Cl2F2N6O5S/c1-17(2)26-27(30(47)41-13-20(37)11-24(41)29(46)42-16-34(8-9-34)43(32(48)49)14-21(42)15-45)50-31-40-33(3,19-5-7-25(36)39-12-19)28(44(26)31)18-4-6-22(35)23(38)10-18/h4-7,10,12,17,20-21,24,28,45H,8-9,11,13-16H2,1-3H3,(H,48,49)/t20-,21-,24+,28-,33+/m1/s1. The van der Waals surface area contributed by atoms with Crippen LogP contribution >= 0.6 is 35.0 Å². The Kier molecular flexibility index (Phi) is 8.84. The van der Waals surface area contributed by atoms with Crippen LogP contribution in [-0.4, -0.2) is 108 Å². The second-order valence-corrected chi connectivity index (χ2v) is 15.8. The topological polar surface area (TPSA) is 130 Å². The normalized spacial score (nSPS) is 28.5. The number of nitrogens with zero attached hydrogens (tertiary/aromatic N) is 6. The molecule has 16 heteroatoms. The number of aliphatic imine (C=N–C) groups is 1. The highest BCUT2D eigenvalue weighted by Crippen LogP contribution is 2.56. The van der Waals surface area contributed by atoms with Crippen molar-refractivity contribution in [3.05, 3.63) is 74.3 Å². The number of pyridine rings is 1. The summed E-state index contributed by atoms with van der Waals surface area (Å²) in [6, 6.07) is 5.39. The van der Waals surface area contributed by atoms with Crippen LogP contribution in [0.1, 0.15) is 57.2 Å². The van der Waals surface area contributed by atoms with E-state index in [1.807, 2.05) is 25.7 Å². The molecule has 2 aromatic rings. The van der Waals surface area contributed by atoms with E-state index in [1.54, 1.807) is 24.4 Å². The van der Waals surface area contributed by atoms with Crippen LogP contribution in [0.15, 0.2) is 52.1 Å². The van der Waals surface area contributed by atoms with Crippen molar-refractivity contribution in [2.45, 2.75) is 75.4 Å². The highest BCUT2D eigenvalue weighted by molar-refractivity contribution is 8.18. The largest absolute Gasteiger partial charge is 0.465 e. The molecule has 1 saturated carbocycles. The first-order valence-electron chi connectivity index (χ1n) is 16.4. The minimum atomic E-state index is -1.46. The highest BCUT2D eigenvalue weighted by Gasteiger charge is 2.59. The predicted octanol–water partition coefficient (Wildman–Crippen LogP) is 5.42. The van der Waals surface area contributed by atoms with Crippen molar-refractivity contribution in [3.8, 4) is 0 Å². The quantitative estimate of drug-likeness (QED) is 0.375. The number of aliphatic hydroxyl groups is 1. The lowest BCUT2D eigenvalue weighted by Crippen LogP contribution is -2.65. The number of likely N-dealkylation sites (tertiary alicyclic amines) is 1. The number of carbonyl (C=O) groups excluding carboxylic acids is 2. The van der Waals surface area contributed by atoms with Gasteiger partial charge in [0.1, 0.15) is 33.6 Å². The maximum absolute atomic E-state index is 15.2. The Labute approximate surface area is 301 Å². The number of aliphatic hydroxyl groups excluding tert-OH is 1. The average molecular weight is 750 g/mol. The zero-order chi connectivity index (χ0) is 35.9. The molecule has 50 heavy (non-hydrogen) atoms. The molecule has 2 N–H and O–H groups in total. The van der Waals surface area contributed by atoms with Crippen molar-refractivity contribution in [2.24, 2.45) is 10.9 Å². The Morgan fingerprint density at radius 2 is 1.86 bits per heavy atom. The van der Waals surface area contributed by atoms with Gasteiger partial charge in [0.15, 0.2) is 5.17 Å². The summed E-state index contributed by atoms with van der Waals surface area (Å²) in [5, 5.41) is 20.7. The fourth-order valence-electron chi connectivity index (χ4n) is 7.86. The molecule has 0 bridgehead atoms. The summed E-state index contributed by atoms with van der Waals surface area (Å²) >= 11 is 13.3. The number of rotatable bonds is 6. The van der Waals surface area contributed by atoms with Crippen molar-refractivity contribution < 1.29 is 33.4 Å². The molecule has 266 valence electrons. The Hall–Kier alpha value is -3.46. The van der Waals surface area contributed by atoms with Crippen molar-refractivity contribution in [1.29, 1.82) is 0 Å². The van der Waals surface area contributed by atoms with Crippen LogP contribution in [0, 0.1) is 11.7 Å². The highest BCUT2D eigenvalue weighted by atomic mass is 35.5. The molecule has 5 heterocycles. The van der Waals surface area contributed by atoms with E-state index in [9.17, 15) is 24.6 Å². The number of allylic oxidation sites excluding steroid dienone is 1. The monoisotopic (exact) mass is 748 g/mol. The fourth-order valence-corrected chi connectivity index (χ4v) is 9.45. The third-order valence-corrected chi connectivity index (χ3v) is 12.1. The number of thioether (sulfide) groups is 1. The van der Waals surface area contributed by atoms with Gasteiger partial charge in [0.25, 0.3) is 5.91 Å². The fraction of sp³-hybridized carbons (Fsp3) is 0.500. The van der Waals surface area contributed by atoms with Crippen LogP contribution < -0.4 is 0 Å². The van der Waals surface area contributed by atoms with Gasteiger partial charge in [0.2, 0.25) is 5.91 Å². The van der Waals surface area contributed by atoms with Crippen molar-refractivity contribution in [3.63, 3.8) is 0 Å². The molecule has 0 unspecified atom stereocenters. The van der Waals surface area contributed by atoms with Crippen molar-refractivity contribution in [1.82, 2.24) is 24.6 Å². The van der Waals surface area contributed by atoms with Crippen LogP contribution in [0.2, 0.25) is 10.2 Å². The third-order valence-electron chi connectivity index (χ3n) is 10.5. The molecule has 0 radical (unpaired) electrons. The molecule has 1 spiro atoms. The number of carbonyl (C=O) groups is 3. The maximum atomic E-state index is 15.2. The number of piperazine rings is 1. The molecule has 2 saturated heterocycles. The van der Waals surface area contributed by atoms with Gasteiger partial charge in [-0.15, -0.1) is 0 Å². The molecule has 1 aliphatic carbocycles. The molecule has 1 aromatic carbocycles. The van der Waals surface area contributed by atoms with E-state index < -0.39 is 65.7 Å². The van der Waals surface area contributed by atoms with Gasteiger partial charge >= 0.3 is 6.09 Å². The molecule has 7 rings (SSSR count). The Bertz CT molecular complexity index is 1830. The van der Waals surface area contributed by atoms with E-state index >= 15 is 8.78 Å². The van der Waals surface area contributed by atoms with Crippen LogP contribution in [0.5, 0.6) is 0 Å². The van der Waals surface area contributed by atoms with E-state index in [1.165, 1.54) is 26.8 Å². The lowest BCUT2D eigenvalue weighted by Gasteiger charge is -2.46. The summed E-state index contributed by atoms with van der Waals surface area (Å²) in [6.07, 6.45) is -0.0394. The van der Waals surface area contributed by atoms with E-state index in [0.29, 0.717) is 40.0 Å². The Balaban J connectivity index is 1.25. The number of hydrogen-bond acceptors (Lipinski definition) is 8. The molecule has 11 nitrogen and oxygen atoms in total. The first-order valence-corrected chi connectivity index (χ1v) is 18.0. The molecule has 4 aliphatic heterocycles. The predicted molar refractivity (Wildman–Crippen MR) is 184 cm³/mol. The minimum Gasteiger partial charge on any atom is -0.465 e. The number of halogens is 4. The van der Waals surface area contributed by atoms with Gasteiger partial charge in [-0.2, -0.15) is 0 Å². The molecule has 3 fully saturated rings. The molecular weight excluding hydrogens is 713 g/mol. The van der Waals surface area contributed by atoms with Gasteiger partial charge in [-0.3, -0.25) is 14.5 Å². The number of fused-ring (bicyclic) bond motifs is 1. The summed E-state index contributed by atoms with van der Waals surface area (Å²) in [4.78, 5) is 56.3. The Morgan fingerprint density at radius 1 is 1.12 bits per heavy atom. The summed E-state index contributed by atoms with van der Waals surface area (Å²) in [5.74, 6) is -1.91. The maximum Gasteiger partial charge on any atom is 0.407 e. The van der Waals surface area contributed by atoms with Gasteiger partial charge in [-0.05, 0) is 61.2 Å². The van der Waals surface area contributed by atoms with Gasteiger partial charge in [-0.25, -0.2) is 23.6 Å². The number of amides is 3. The number of benzene rings is 1. The van der Waals surface area contributed by atoms with Gasteiger partial charge in [0.05, 0.1) is 35.8 Å². The third kappa shape index (κ3) is 5.62. The molecular formula is C34H36Cl2F2N6O5S. The second kappa shape index (κ2) is 12.6. The minimum absolute atomic E-state index is 0.0417. The first kappa shape index (κ1) is 35.0. The average Bonchev–Trinajstić information content (AvgIpc) is 3.42. The van der Waals surface area contributed by atoms with Crippen LogP contribution in [0.4, 0.5) is 13.6 Å². The molecule has 5 aliphatic rings. The second-order valence-electron chi connectivity index (χ2n) is 14.1. The van der Waals surface area contributed by atoms with E-state index in [0.717, 1.165) is 11.8 Å². The SMILES string of the molecule is CC(C)C1=C(C(=O)N2C[C@H](F)C[C@H]2C(=O)N2CC3(CC3)N(C(=O)O)C[C@@H]2CO)SC2=N[C@@](C)(c3ccc(Cl)nc3)[C@@H](c3ccc(Cl)c(F)c3)N21. The molecule has 5 atom stereocenters. The van der Waals surface area contributed by atoms with Crippen LogP contribution in [0.3, 0.4) is 0 Å². The summed E-state index contributed by atoms with van der Waals surface area (Å²) in [6.45, 7) is 4.94. The Morgan fingerprint density at radius 3 is 2.46 bits per heavy atom. The van der Waals surface area contributed by atoms with Gasteiger partial charge in [0, 0.05) is 37.0 Å². The lowest BCUT2D eigenvalue weighted by molar-refractivity contribution is -0.148. The number of carboxylic acid groups (broad SMARTS) is 1.